The first-order valence-electron chi connectivity index (χ1n) is 5.95. The number of rotatable bonds is 6. The lowest BCUT2D eigenvalue weighted by atomic mass is 10.1. The van der Waals surface area contributed by atoms with Crippen molar-refractivity contribution in [2.45, 2.75) is 32.4 Å². The van der Waals surface area contributed by atoms with E-state index in [1.54, 1.807) is 0 Å². The molecule has 0 heterocycles. The molecule has 1 rings (SSSR count). The predicted octanol–water partition coefficient (Wildman–Crippen LogP) is 1.67. The first-order chi connectivity index (χ1) is 8.71. The molecule has 4 heteroatoms. The number of nitrogens with one attached hydrogen (secondary N) is 1. The second-order valence-electron chi connectivity index (χ2n) is 4.08. The van der Waals surface area contributed by atoms with E-state index in [0.29, 0.717) is 11.6 Å². The second-order valence-corrected chi connectivity index (χ2v) is 4.08. The van der Waals surface area contributed by atoms with Crippen molar-refractivity contribution in [3.63, 3.8) is 0 Å². The molecule has 0 amide bonds. The minimum atomic E-state index is 0.119. The molecule has 0 saturated heterocycles. The third-order valence-electron chi connectivity index (χ3n) is 2.81. The van der Waals surface area contributed by atoms with E-state index < -0.39 is 0 Å². The van der Waals surface area contributed by atoms with Gasteiger partial charge in [-0.3, -0.25) is 0 Å². The molecule has 4 nitrogen and oxygen atoms in total. The van der Waals surface area contributed by atoms with Crippen LogP contribution in [0.1, 0.15) is 30.9 Å². The lowest BCUT2D eigenvalue weighted by molar-refractivity contribution is 0.318. The van der Waals surface area contributed by atoms with Gasteiger partial charge in [-0.15, -0.1) is 12.3 Å². The van der Waals surface area contributed by atoms with E-state index in [-0.39, 0.29) is 5.84 Å². The van der Waals surface area contributed by atoms with E-state index in [1.165, 1.54) is 0 Å². The highest BCUT2D eigenvalue weighted by Crippen LogP contribution is 2.05. The normalized spacial score (nSPS) is 13.0. The smallest absolute Gasteiger partial charge is 0.170 e. The number of nitrogens with zero attached hydrogens (tertiary/aromatic N) is 1. The standard InChI is InChI=1S/C14H19N3O/c1-3-5-13(4-2)16-10-11-6-8-12(9-7-11)14(15)17-18/h1,6-9,13,16,18H,4-5,10H2,2H3,(H2,15,17). The Kier molecular flexibility index (Phi) is 5.75. The largest absolute Gasteiger partial charge is 0.409 e. The van der Waals surface area contributed by atoms with Gasteiger partial charge in [0.15, 0.2) is 5.84 Å². The zero-order valence-corrected chi connectivity index (χ0v) is 10.6. The molecule has 0 aliphatic carbocycles. The molecule has 0 radical (unpaired) electrons. The predicted molar refractivity (Wildman–Crippen MR) is 73.3 cm³/mol. The summed E-state index contributed by atoms with van der Waals surface area (Å²) in [4.78, 5) is 0. The quantitative estimate of drug-likeness (QED) is 0.235. The maximum atomic E-state index is 8.56. The Labute approximate surface area is 108 Å². The van der Waals surface area contributed by atoms with Crippen LogP contribution in [0.3, 0.4) is 0 Å². The number of nitrogens with two attached hydrogens (primary N) is 1. The lowest BCUT2D eigenvalue weighted by Crippen LogP contribution is -2.27. The van der Waals surface area contributed by atoms with Crippen molar-refractivity contribution in [3.05, 3.63) is 35.4 Å². The van der Waals surface area contributed by atoms with Gasteiger partial charge in [-0.2, -0.15) is 0 Å². The number of hydrogen-bond donors (Lipinski definition) is 3. The highest BCUT2D eigenvalue weighted by Gasteiger charge is 2.04. The summed E-state index contributed by atoms with van der Waals surface area (Å²) in [5.41, 5.74) is 7.33. The molecule has 0 aromatic heterocycles. The van der Waals surface area contributed by atoms with Crippen LogP contribution in [0.5, 0.6) is 0 Å². The van der Waals surface area contributed by atoms with Crippen LogP contribution in [0.15, 0.2) is 29.4 Å². The molecular weight excluding hydrogens is 226 g/mol. The van der Waals surface area contributed by atoms with Gasteiger partial charge in [0, 0.05) is 24.6 Å². The summed E-state index contributed by atoms with van der Waals surface area (Å²) >= 11 is 0. The minimum Gasteiger partial charge on any atom is -0.409 e. The van der Waals surface area contributed by atoms with Crippen LogP contribution in [0.25, 0.3) is 0 Å². The van der Waals surface area contributed by atoms with Gasteiger partial charge in [0.2, 0.25) is 0 Å². The van der Waals surface area contributed by atoms with E-state index in [0.717, 1.165) is 24.9 Å². The first kappa shape index (κ1) is 14.1. The Morgan fingerprint density at radius 3 is 2.67 bits per heavy atom. The summed E-state index contributed by atoms with van der Waals surface area (Å²) in [5, 5.41) is 14.9. The molecule has 0 spiro atoms. The van der Waals surface area contributed by atoms with Crippen molar-refractivity contribution in [2.75, 3.05) is 0 Å². The maximum absolute atomic E-state index is 8.56. The molecule has 0 fully saturated rings. The topological polar surface area (TPSA) is 70.6 Å². The molecule has 0 saturated carbocycles. The van der Waals surface area contributed by atoms with Gasteiger partial charge in [0.1, 0.15) is 0 Å². The lowest BCUT2D eigenvalue weighted by Gasteiger charge is -2.14. The summed E-state index contributed by atoms with van der Waals surface area (Å²) in [6.45, 7) is 2.87. The van der Waals surface area contributed by atoms with Gasteiger partial charge >= 0.3 is 0 Å². The number of benzene rings is 1. The Balaban J connectivity index is 2.56. The molecule has 96 valence electrons. The zero-order chi connectivity index (χ0) is 13.4. The zero-order valence-electron chi connectivity index (χ0n) is 10.6. The van der Waals surface area contributed by atoms with E-state index in [1.807, 2.05) is 24.3 Å². The van der Waals surface area contributed by atoms with Crippen molar-refractivity contribution in [2.24, 2.45) is 10.9 Å². The second kappa shape index (κ2) is 7.36. The van der Waals surface area contributed by atoms with E-state index in [9.17, 15) is 0 Å². The molecule has 1 unspecified atom stereocenters. The van der Waals surface area contributed by atoms with Gasteiger partial charge in [-0.25, -0.2) is 0 Å². The summed E-state index contributed by atoms with van der Waals surface area (Å²) in [6, 6.07) is 7.90. The van der Waals surface area contributed by atoms with E-state index >= 15 is 0 Å². The Morgan fingerprint density at radius 2 is 2.17 bits per heavy atom. The summed E-state index contributed by atoms with van der Waals surface area (Å²) in [6.07, 6.45) is 7.04. The molecule has 1 aromatic carbocycles. The number of amidine groups is 1. The average molecular weight is 245 g/mol. The molecular formula is C14H19N3O. The fourth-order valence-electron chi connectivity index (χ4n) is 1.62. The number of hydrogen-bond acceptors (Lipinski definition) is 3. The third kappa shape index (κ3) is 4.11. The van der Waals surface area contributed by atoms with Gasteiger partial charge < -0.3 is 16.3 Å². The highest BCUT2D eigenvalue weighted by atomic mass is 16.4. The van der Waals surface area contributed by atoms with Crippen molar-refractivity contribution in [1.29, 1.82) is 0 Å². The van der Waals surface area contributed by atoms with Gasteiger partial charge in [-0.05, 0) is 12.0 Å². The third-order valence-corrected chi connectivity index (χ3v) is 2.81. The molecule has 0 aliphatic rings. The Hall–Kier alpha value is -1.99. The van der Waals surface area contributed by atoms with Crippen molar-refractivity contribution < 1.29 is 5.21 Å². The van der Waals surface area contributed by atoms with Crippen LogP contribution in [0.4, 0.5) is 0 Å². The van der Waals surface area contributed by atoms with Crippen molar-refractivity contribution in [3.8, 4) is 12.3 Å². The van der Waals surface area contributed by atoms with Gasteiger partial charge in [0.05, 0.1) is 0 Å². The number of oxime groups is 1. The summed E-state index contributed by atoms with van der Waals surface area (Å²) in [5.74, 6) is 2.78. The molecule has 1 atom stereocenters. The summed E-state index contributed by atoms with van der Waals surface area (Å²) < 4.78 is 0. The maximum Gasteiger partial charge on any atom is 0.170 e. The van der Waals surface area contributed by atoms with Crippen molar-refractivity contribution >= 4 is 5.84 Å². The van der Waals surface area contributed by atoms with Crippen LogP contribution in [0, 0.1) is 12.3 Å². The molecule has 0 aliphatic heterocycles. The van der Waals surface area contributed by atoms with Gasteiger partial charge in [0.25, 0.3) is 0 Å². The fourth-order valence-corrected chi connectivity index (χ4v) is 1.62. The average Bonchev–Trinajstić information content (AvgIpc) is 2.43. The Bertz CT molecular complexity index is 431. The Morgan fingerprint density at radius 1 is 1.50 bits per heavy atom. The van der Waals surface area contributed by atoms with Crippen LogP contribution < -0.4 is 11.1 Å². The van der Waals surface area contributed by atoms with Crippen LogP contribution in [-0.2, 0) is 6.54 Å². The SMILES string of the molecule is C#CCC(CC)NCc1ccc(/C(N)=N/O)cc1. The number of terminal acetylenes is 1. The summed E-state index contributed by atoms with van der Waals surface area (Å²) in [7, 11) is 0. The molecule has 0 bridgehead atoms. The highest BCUT2D eigenvalue weighted by molar-refractivity contribution is 5.96. The fraction of sp³-hybridized carbons (Fsp3) is 0.357. The van der Waals surface area contributed by atoms with Crippen LogP contribution in [0.2, 0.25) is 0 Å². The molecule has 4 N–H and O–H groups in total. The molecule has 1 aromatic rings. The first-order valence-corrected chi connectivity index (χ1v) is 5.95. The monoisotopic (exact) mass is 245 g/mol. The van der Waals surface area contributed by atoms with Crippen molar-refractivity contribution in [1.82, 2.24) is 5.32 Å². The van der Waals surface area contributed by atoms with E-state index in [2.05, 4.69) is 23.3 Å². The van der Waals surface area contributed by atoms with E-state index in [4.69, 9.17) is 17.4 Å². The van der Waals surface area contributed by atoms with Crippen LogP contribution >= 0.6 is 0 Å². The minimum absolute atomic E-state index is 0.119. The molecule has 18 heavy (non-hydrogen) atoms. The van der Waals surface area contributed by atoms with Crippen LogP contribution in [-0.4, -0.2) is 17.1 Å². The van der Waals surface area contributed by atoms with Gasteiger partial charge in [-0.1, -0.05) is 36.3 Å².